The summed E-state index contributed by atoms with van der Waals surface area (Å²) >= 11 is 0. The summed E-state index contributed by atoms with van der Waals surface area (Å²) in [6.07, 6.45) is 1.62. The Hall–Kier alpha value is -2.73. The van der Waals surface area contributed by atoms with E-state index in [0.717, 1.165) is 0 Å². The number of hydrogen-bond acceptors (Lipinski definition) is 5. The standard InChI is InChI=1S/C20H25N3O3/c1-20(2,3)23-18(24)17(15-12-8-9-13-21-15)22-16(19(25)26-4)14-10-6-5-7-11-14/h5-13,16-17,22H,1-4H3,(H,23,24). The Bertz CT molecular complexity index is 727. The number of carbonyl (C=O) groups excluding carboxylic acids is 2. The molecule has 1 aromatic heterocycles. The molecule has 0 spiro atoms. The molecule has 0 bridgehead atoms. The molecule has 1 heterocycles. The maximum absolute atomic E-state index is 12.9. The molecule has 2 rings (SSSR count). The highest BCUT2D eigenvalue weighted by Crippen LogP contribution is 2.21. The number of benzene rings is 1. The summed E-state index contributed by atoms with van der Waals surface area (Å²) in [6, 6.07) is 12.9. The van der Waals surface area contributed by atoms with E-state index in [1.807, 2.05) is 51.1 Å². The average molecular weight is 355 g/mol. The first kappa shape index (κ1) is 19.6. The van der Waals surface area contributed by atoms with Crippen molar-refractivity contribution in [3.63, 3.8) is 0 Å². The van der Waals surface area contributed by atoms with E-state index in [2.05, 4.69) is 15.6 Å². The van der Waals surface area contributed by atoms with Gasteiger partial charge >= 0.3 is 5.97 Å². The van der Waals surface area contributed by atoms with Crippen molar-refractivity contribution >= 4 is 11.9 Å². The Labute approximate surface area is 154 Å². The summed E-state index contributed by atoms with van der Waals surface area (Å²) < 4.78 is 4.93. The SMILES string of the molecule is COC(=O)C(NC(C(=O)NC(C)(C)C)c1ccccn1)c1ccccc1. The molecule has 2 atom stereocenters. The van der Waals surface area contributed by atoms with Gasteiger partial charge in [0.15, 0.2) is 0 Å². The fraction of sp³-hybridized carbons (Fsp3) is 0.350. The highest BCUT2D eigenvalue weighted by molar-refractivity contribution is 5.85. The Kier molecular flexibility index (Phi) is 6.46. The van der Waals surface area contributed by atoms with Gasteiger partial charge in [0, 0.05) is 11.7 Å². The van der Waals surface area contributed by atoms with E-state index in [1.165, 1.54) is 7.11 Å². The van der Waals surface area contributed by atoms with E-state index in [9.17, 15) is 9.59 Å². The highest BCUT2D eigenvalue weighted by Gasteiger charge is 2.31. The van der Waals surface area contributed by atoms with Gasteiger partial charge in [-0.2, -0.15) is 0 Å². The number of nitrogens with one attached hydrogen (secondary N) is 2. The van der Waals surface area contributed by atoms with Crippen LogP contribution in [0.5, 0.6) is 0 Å². The number of esters is 1. The normalized spacial score (nSPS) is 13.5. The van der Waals surface area contributed by atoms with E-state index in [4.69, 9.17) is 4.74 Å². The van der Waals surface area contributed by atoms with Gasteiger partial charge in [0.05, 0.1) is 12.8 Å². The Morgan fingerprint density at radius 2 is 1.65 bits per heavy atom. The molecule has 0 saturated heterocycles. The van der Waals surface area contributed by atoms with Gasteiger partial charge in [-0.05, 0) is 38.5 Å². The number of methoxy groups -OCH3 is 1. The van der Waals surface area contributed by atoms with Gasteiger partial charge in [-0.25, -0.2) is 4.79 Å². The van der Waals surface area contributed by atoms with E-state index < -0.39 is 23.6 Å². The minimum absolute atomic E-state index is 0.263. The van der Waals surface area contributed by atoms with E-state index >= 15 is 0 Å². The van der Waals surface area contributed by atoms with Crippen LogP contribution in [0.25, 0.3) is 0 Å². The molecule has 1 aromatic carbocycles. The zero-order chi connectivity index (χ0) is 19.2. The first-order valence-corrected chi connectivity index (χ1v) is 8.43. The number of carbonyl (C=O) groups is 2. The number of ether oxygens (including phenoxy) is 1. The highest BCUT2D eigenvalue weighted by atomic mass is 16.5. The smallest absolute Gasteiger partial charge is 0.327 e. The minimum atomic E-state index is -0.806. The fourth-order valence-electron chi connectivity index (χ4n) is 2.51. The van der Waals surface area contributed by atoms with Crippen molar-refractivity contribution in [2.24, 2.45) is 0 Å². The predicted octanol–water partition coefficient (Wildman–Crippen LogP) is 2.54. The van der Waals surface area contributed by atoms with Crippen LogP contribution in [0.3, 0.4) is 0 Å². The summed E-state index contributed by atoms with van der Waals surface area (Å²) in [6.45, 7) is 5.69. The first-order chi connectivity index (χ1) is 12.3. The molecule has 26 heavy (non-hydrogen) atoms. The van der Waals surface area contributed by atoms with Gasteiger partial charge in [-0.1, -0.05) is 36.4 Å². The maximum atomic E-state index is 12.9. The van der Waals surface area contributed by atoms with Crippen LogP contribution in [0.4, 0.5) is 0 Å². The number of pyridine rings is 1. The van der Waals surface area contributed by atoms with Gasteiger partial charge in [0.1, 0.15) is 12.1 Å². The monoisotopic (exact) mass is 355 g/mol. The van der Waals surface area contributed by atoms with Crippen molar-refractivity contribution < 1.29 is 14.3 Å². The van der Waals surface area contributed by atoms with E-state index in [-0.39, 0.29) is 5.91 Å². The summed E-state index contributed by atoms with van der Waals surface area (Å²) in [5.41, 5.74) is 0.821. The molecular weight excluding hydrogens is 330 g/mol. The molecule has 0 fully saturated rings. The second kappa shape index (κ2) is 8.58. The summed E-state index contributed by atoms with van der Waals surface area (Å²) in [5, 5.41) is 6.05. The van der Waals surface area contributed by atoms with Crippen molar-refractivity contribution in [1.82, 2.24) is 15.6 Å². The average Bonchev–Trinajstić information content (AvgIpc) is 2.62. The fourth-order valence-corrected chi connectivity index (χ4v) is 2.51. The Morgan fingerprint density at radius 3 is 2.19 bits per heavy atom. The molecule has 6 heteroatoms. The minimum Gasteiger partial charge on any atom is -0.468 e. The quantitative estimate of drug-likeness (QED) is 0.779. The third-order valence-corrected chi connectivity index (χ3v) is 3.65. The van der Waals surface area contributed by atoms with Crippen LogP contribution in [0.1, 0.15) is 44.1 Å². The molecule has 2 N–H and O–H groups in total. The predicted molar refractivity (Wildman–Crippen MR) is 99.2 cm³/mol. The lowest BCUT2D eigenvalue weighted by molar-refractivity contribution is -0.143. The van der Waals surface area contributed by atoms with Crippen molar-refractivity contribution in [2.75, 3.05) is 7.11 Å². The number of nitrogens with zero attached hydrogens (tertiary/aromatic N) is 1. The van der Waals surface area contributed by atoms with Crippen LogP contribution in [-0.2, 0) is 14.3 Å². The van der Waals surface area contributed by atoms with E-state index in [1.54, 1.807) is 24.4 Å². The topological polar surface area (TPSA) is 80.3 Å². The summed E-state index contributed by atoms with van der Waals surface area (Å²) in [7, 11) is 1.32. The Morgan fingerprint density at radius 1 is 1.00 bits per heavy atom. The zero-order valence-electron chi connectivity index (χ0n) is 15.5. The van der Waals surface area contributed by atoms with Crippen molar-refractivity contribution in [3.8, 4) is 0 Å². The molecule has 6 nitrogen and oxygen atoms in total. The van der Waals surface area contributed by atoms with Crippen LogP contribution in [-0.4, -0.2) is 29.5 Å². The van der Waals surface area contributed by atoms with Crippen LogP contribution in [0.15, 0.2) is 54.7 Å². The second-order valence-corrected chi connectivity index (χ2v) is 6.96. The molecule has 0 radical (unpaired) electrons. The number of rotatable bonds is 6. The first-order valence-electron chi connectivity index (χ1n) is 8.43. The second-order valence-electron chi connectivity index (χ2n) is 6.96. The Balaban J connectivity index is 2.37. The van der Waals surface area contributed by atoms with Crippen LogP contribution in [0.2, 0.25) is 0 Å². The lowest BCUT2D eigenvalue weighted by Crippen LogP contribution is -2.48. The van der Waals surface area contributed by atoms with Gasteiger partial charge in [0.2, 0.25) is 5.91 Å². The third kappa shape index (κ3) is 5.39. The lowest BCUT2D eigenvalue weighted by atomic mass is 10.0. The van der Waals surface area contributed by atoms with Gasteiger partial charge in [-0.15, -0.1) is 0 Å². The van der Waals surface area contributed by atoms with Crippen LogP contribution >= 0.6 is 0 Å². The van der Waals surface area contributed by atoms with Crippen molar-refractivity contribution in [2.45, 2.75) is 38.4 Å². The van der Waals surface area contributed by atoms with Gasteiger partial charge < -0.3 is 10.1 Å². The van der Waals surface area contributed by atoms with Gasteiger partial charge in [0.25, 0.3) is 0 Å². The maximum Gasteiger partial charge on any atom is 0.327 e. The molecule has 1 amide bonds. The molecule has 0 aliphatic carbocycles. The molecule has 138 valence electrons. The van der Waals surface area contributed by atoms with Crippen molar-refractivity contribution in [1.29, 1.82) is 0 Å². The van der Waals surface area contributed by atoms with Gasteiger partial charge in [-0.3, -0.25) is 15.1 Å². The molecule has 0 aliphatic heterocycles. The number of amides is 1. The number of hydrogen-bond donors (Lipinski definition) is 2. The zero-order valence-corrected chi connectivity index (χ0v) is 15.5. The number of aromatic nitrogens is 1. The molecular formula is C20H25N3O3. The summed E-state index contributed by atoms with van der Waals surface area (Å²) in [4.78, 5) is 29.5. The van der Waals surface area contributed by atoms with Crippen molar-refractivity contribution in [3.05, 3.63) is 66.0 Å². The van der Waals surface area contributed by atoms with E-state index in [0.29, 0.717) is 11.3 Å². The molecule has 0 aliphatic rings. The largest absolute Gasteiger partial charge is 0.468 e. The van der Waals surface area contributed by atoms with Crippen LogP contribution in [0, 0.1) is 0 Å². The summed E-state index contributed by atoms with van der Waals surface area (Å²) in [5.74, 6) is -0.735. The molecule has 2 unspecified atom stereocenters. The third-order valence-electron chi connectivity index (χ3n) is 3.65. The molecule has 2 aromatic rings. The molecule has 0 saturated carbocycles. The van der Waals surface area contributed by atoms with Crippen LogP contribution < -0.4 is 10.6 Å². The lowest BCUT2D eigenvalue weighted by Gasteiger charge is -2.27.